The Morgan fingerprint density at radius 1 is 1.12 bits per heavy atom. The molecule has 0 bridgehead atoms. The number of ether oxygens (including phenoxy) is 1. The predicted octanol–water partition coefficient (Wildman–Crippen LogP) is 4.72. The monoisotopic (exact) mass is 452 g/mol. The number of aromatic nitrogens is 3. The van der Waals surface area contributed by atoms with Crippen LogP contribution in [-0.4, -0.2) is 38.3 Å². The number of esters is 1. The summed E-state index contributed by atoms with van der Waals surface area (Å²) in [5.41, 5.74) is 3.63. The molecule has 0 aliphatic heterocycles. The van der Waals surface area contributed by atoms with Crippen LogP contribution >= 0.6 is 11.8 Å². The molecule has 8 nitrogen and oxygen atoms in total. The maximum atomic E-state index is 13.0. The van der Waals surface area contributed by atoms with Crippen molar-refractivity contribution >= 4 is 45.9 Å². The van der Waals surface area contributed by atoms with Crippen LogP contribution in [0.1, 0.15) is 43.4 Å². The van der Waals surface area contributed by atoms with Crippen LogP contribution in [0.2, 0.25) is 0 Å². The number of nitrogens with zero attached hydrogens (tertiary/aromatic N) is 3. The van der Waals surface area contributed by atoms with Crippen molar-refractivity contribution in [1.82, 2.24) is 14.6 Å². The smallest absolute Gasteiger partial charge is 0.338 e. The number of fused-ring (bicyclic) bond motifs is 3. The summed E-state index contributed by atoms with van der Waals surface area (Å²) in [5, 5.41) is 12.0. The fraction of sp³-hybridized carbons (Fsp3) is 0.304. The van der Waals surface area contributed by atoms with Gasteiger partial charge in [-0.25, -0.2) is 4.79 Å². The van der Waals surface area contributed by atoms with Crippen molar-refractivity contribution in [2.75, 3.05) is 11.9 Å². The molecule has 32 heavy (non-hydrogen) atoms. The highest BCUT2D eigenvalue weighted by Crippen LogP contribution is 2.32. The third-order valence-electron chi connectivity index (χ3n) is 5.05. The minimum absolute atomic E-state index is 0.142. The van der Waals surface area contributed by atoms with Crippen molar-refractivity contribution in [3.8, 4) is 0 Å². The number of amides is 1. The molecule has 4 aromatic rings. The first kappa shape index (κ1) is 21.9. The van der Waals surface area contributed by atoms with Crippen molar-refractivity contribution in [3.63, 3.8) is 0 Å². The van der Waals surface area contributed by atoms with Crippen LogP contribution in [0.15, 0.2) is 52.1 Å². The second-order valence-electron chi connectivity index (χ2n) is 7.11. The third kappa shape index (κ3) is 4.20. The van der Waals surface area contributed by atoms with Crippen LogP contribution < -0.4 is 5.32 Å². The standard InChI is InChI=1S/C23H24N4O4S/c1-4-19(21(28)24-15-9-7-14(8-10-15)23(29)30-6-3)32-22-17-13-18-16(11-12-31-18)27(17)20(5-2)25-26-22/h7-13,19H,4-6H2,1-3H3,(H,24,28). The van der Waals surface area contributed by atoms with Gasteiger partial charge in [-0.2, -0.15) is 0 Å². The molecule has 1 unspecified atom stereocenters. The summed E-state index contributed by atoms with van der Waals surface area (Å²) in [5.74, 6) is 0.305. The van der Waals surface area contributed by atoms with Gasteiger partial charge < -0.3 is 14.5 Å². The highest BCUT2D eigenvalue weighted by atomic mass is 32.2. The Balaban J connectivity index is 1.54. The van der Waals surface area contributed by atoms with Crippen LogP contribution in [0, 0.1) is 0 Å². The summed E-state index contributed by atoms with van der Waals surface area (Å²) in [6.07, 6.45) is 2.99. The van der Waals surface area contributed by atoms with Gasteiger partial charge in [0.25, 0.3) is 0 Å². The molecule has 0 saturated heterocycles. The van der Waals surface area contributed by atoms with E-state index in [1.165, 1.54) is 11.8 Å². The lowest BCUT2D eigenvalue weighted by atomic mass is 10.2. The van der Waals surface area contributed by atoms with Crippen LogP contribution in [0.4, 0.5) is 5.69 Å². The van der Waals surface area contributed by atoms with E-state index in [2.05, 4.69) is 15.5 Å². The quantitative estimate of drug-likeness (QED) is 0.305. The molecule has 1 aromatic carbocycles. The van der Waals surface area contributed by atoms with Gasteiger partial charge in [-0.05, 0) is 37.6 Å². The molecule has 0 aliphatic rings. The lowest BCUT2D eigenvalue weighted by molar-refractivity contribution is -0.115. The second-order valence-corrected chi connectivity index (χ2v) is 8.30. The fourth-order valence-corrected chi connectivity index (χ4v) is 4.42. The summed E-state index contributed by atoms with van der Waals surface area (Å²) in [7, 11) is 0. The Kier molecular flexibility index (Phi) is 6.45. The molecule has 1 atom stereocenters. The Hall–Kier alpha value is -3.33. The third-order valence-corrected chi connectivity index (χ3v) is 6.40. The van der Waals surface area contributed by atoms with Gasteiger partial charge in [0.15, 0.2) is 5.58 Å². The van der Waals surface area contributed by atoms with Gasteiger partial charge in [-0.15, -0.1) is 10.2 Å². The van der Waals surface area contributed by atoms with Gasteiger partial charge in [0.05, 0.1) is 34.7 Å². The minimum Gasteiger partial charge on any atom is -0.463 e. The summed E-state index contributed by atoms with van der Waals surface area (Å²) in [6, 6.07) is 10.5. The number of nitrogens with one attached hydrogen (secondary N) is 1. The molecule has 0 fully saturated rings. The minimum atomic E-state index is -0.386. The lowest BCUT2D eigenvalue weighted by Gasteiger charge is -2.15. The maximum absolute atomic E-state index is 13.0. The fourth-order valence-electron chi connectivity index (χ4n) is 3.46. The van der Waals surface area contributed by atoms with E-state index in [9.17, 15) is 9.59 Å². The van der Waals surface area contributed by atoms with Crippen molar-refractivity contribution in [2.24, 2.45) is 0 Å². The number of anilines is 1. The van der Waals surface area contributed by atoms with Crippen molar-refractivity contribution < 1.29 is 18.7 Å². The number of furan rings is 1. The molecule has 1 amide bonds. The van der Waals surface area contributed by atoms with Crippen LogP contribution in [-0.2, 0) is 16.0 Å². The molecule has 4 rings (SSSR count). The topological polar surface area (TPSA) is 98.7 Å². The number of carbonyl (C=O) groups excluding carboxylic acids is 2. The molecule has 9 heteroatoms. The molecule has 166 valence electrons. The summed E-state index contributed by atoms with van der Waals surface area (Å²) < 4.78 is 12.6. The molecule has 0 spiro atoms. The lowest BCUT2D eigenvalue weighted by Crippen LogP contribution is -2.25. The maximum Gasteiger partial charge on any atom is 0.338 e. The summed E-state index contributed by atoms with van der Waals surface area (Å²) in [4.78, 5) is 24.8. The number of rotatable bonds is 8. The van der Waals surface area contributed by atoms with Crippen molar-refractivity contribution in [3.05, 3.63) is 54.0 Å². The van der Waals surface area contributed by atoms with Gasteiger partial charge in [0.1, 0.15) is 10.9 Å². The van der Waals surface area contributed by atoms with Crippen molar-refractivity contribution in [2.45, 2.75) is 43.9 Å². The number of benzene rings is 1. The largest absolute Gasteiger partial charge is 0.463 e. The van der Waals surface area contributed by atoms with Gasteiger partial charge in [-0.3, -0.25) is 9.20 Å². The van der Waals surface area contributed by atoms with E-state index in [-0.39, 0.29) is 17.1 Å². The van der Waals surface area contributed by atoms with Crippen LogP contribution in [0.3, 0.4) is 0 Å². The van der Waals surface area contributed by atoms with E-state index in [1.54, 1.807) is 37.5 Å². The Morgan fingerprint density at radius 2 is 1.91 bits per heavy atom. The van der Waals surface area contributed by atoms with Crippen LogP contribution in [0.5, 0.6) is 0 Å². The van der Waals surface area contributed by atoms with E-state index in [4.69, 9.17) is 9.15 Å². The average Bonchev–Trinajstić information content (AvgIpc) is 3.40. The molecule has 1 N–H and O–H groups in total. The molecule has 0 radical (unpaired) electrons. The molecular weight excluding hydrogens is 428 g/mol. The number of hydrogen-bond acceptors (Lipinski definition) is 7. The number of carbonyl (C=O) groups is 2. The molecule has 3 heterocycles. The molecule has 0 saturated carbocycles. The number of aryl methyl sites for hydroxylation is 1. The van der Waals surface area contributed by atoms with Crippen molar-refractivity contribution in [1.29, 1.82) is 0 Å². The van der Waals surface area contributed by atoms with E-state index < -0.39 is 0 Å². The summed E-state index contributed by atoms with van der Waals surface area (Å²) >= 11 is 1.38. The number of thioether (sulfide) groups is 1. The zero-order valence-corrected chi connectivity index (χ0v) is 18.9. The van der Waals surface area contributed by atoms with Gasteiger partial charge in [0, 0.05) is 24.2 Å². The first-order valence-electron chi connectivity index (χ1n) is 10.5. The van der Waals surface area contributed by atoms with Gasteiger partial charge >= 0.3 is 5.97 Å². The summed E-state index contributed by atoms with van der Waals surface area (Å²) in [6.45, 7) is 6.05. The zero-order chi connectivity index (χ0) is 22.7. The molecule has 0 aliphatic carbocycles. The highest BCUT2D eigenvalue weighted by Gasteiger charge is 2.23. The van der Waals surface area contributed by atoms with Gasteiger partial charge in [0.2, 0.25) is 5.91 Å². The van der Waals surface area contributed by atoms with E-state index in [0.717, 1.165) is 28.9 Å². The first-order valence-corrected chi connectivity index (χ1v) is 11.4. The Labute approximate surface area is 189 Å². The number of hydrogen-bond donors (Lipinski definition) is 1. The van der Waals surface area contributed by atoms with Crippen LogP contribution in [0.25, 0.3) is 16.6 Å². The van der Waals surface area contributed by atoms with Gasteiger partial charge in [-0.1, -0.05) is 25.6 Å². The zero-order valence-electron chi connectivity index (χ0n) is 18.1. The first-order chi connectivity index (χ1) is 15.5. The Morgan fingerprint density at radius 3 is 2.59 bits per heavy atom. The van der Waals surface area contributed by atoms with E-state index in [0.29, 0.717) is 29.3 Å². The SMILES string of the molecule is CCOC(=O)c1ccc(NC(=O)C(CC)Sc2nnc(CC)n3c2cc2occc23)cc1. The van der Waals surface area contributed by atoms with E-state index in [1.807, 2.05) is 30.4 Å². The average molecular weight is 453 g/mol. The Bertz CT molecular complexity index is 1260. The normalized spacial score (nSPS) is 12.2. The second kappa shape index (κ2) is 9.44. The molecule has 3 aromatic heterocycles. The van der Waals surface area contributed by atoms with E-state index >= 15 is 0 Å². The predicted molar refractivity (Wildman–Crippen MR) is 123 cm³/mol. The molecular formula is C23H24N4O4S. The highest BCUT2D eigenvalue weighted by molar-refractivity contribution is 8.00.